The molecule has 0 radical (unpaired) electrons. The zero-order valence-corrected chi connectivity index (χ0v) is 18.1. The van der Waals surface area contributed by atoms with E-state index in [-0.39, 0.29) is 5.91 Å². The topological polar surface area (TPSA) is 79.3 Å². The summed E-state index contributed by atoms with van der Waals surface area (Å²) in [5, 5.41) is 6.10. The zero-order valence-electron chi connectivity index (χ0n) is 18.1. The molecule has 0 unspecified atom stereocenters. The number of aromatic nitrogens is 2. The van der Waals surface area contributed by atoms with Crippen LogP contribution in [0.5, 0.6) is 0 Å². The lowest BCUT2D eigenvalue weighted by Gasteiger charge is -2.08. The van der Waals surface area contributed by atoms with Crippen LogP contribution in [0.2, 0.25) is 0 Å². The average molecular weight is 414 g/mol. The second kappa shape index (κ2) is 10.8. The fraction of sp³-hybridized carbons (Fsp3) is 0.200. The van der Waals surface area contributed by atoms with Gasteiger partial charge in [0, 0.05) is 36.9 Å². The molecule has 0 aliphatic carbocycles. The van der Waals surface area contributed by atoms with Gasteiger partial charge in [0.05, 0.1) is 12.1 Å². The van der Waals surface area contributed by atoms with Crippen molar-refractivity contribution >= 4 is 23.8 Å². The smallest absolute Gasteiger partial charge is 0.228 e. The monoisotopic (exact) mass is 413 g/mol. The highest BCUT2D eigenvalue weighted by molar-refractivity contribution is 5.92. The molecule has 0 saturated carbocycles. The SMILES string of the molecule is CC/C=C(\C=NC)Nc1ncc(-c2ccc(CC(=O)Nc3cccc(C)c3)cc2)cn1. The lowest BCUT2D eigenvalue weighted by molar-refractivity contribution is -0.115. The first-order valence-corrected chi connectivity index (χ1v) is 10.2. The van der Waals surface area contributed by atoms with E-state index in [1.807, 2.05) is 61.5 Å². The predicted octanol–water partition coefficient (Wildman–Crippen LogP) is 5.04. The van der Waals surface area contributed by atoms with E-state index in [0.717, 1.165) is 40.1 Å². The van der Waals surface area contributed by atoms with Gasteiger partial charge in [-0.25, -0.2) is 9.97 Å². The Morgan fingerprint density at radius 1 is 1.03 bits per heavy atom. The fourth-order valence-corrected chi connectivity index (χ4v) is 3.09. The summed E-state index contributed by atoms with van der Waals surface area (Å²) in [5.41, 5.74) is 5.64. The maximum atomic E-state index is 12.3. The maximum Gasteiger partial charge on any atom is 0.228 e. The molecule has 2 aromatic carbocycles. The summed E-state index contributed by atoms with van der Waals surface area (Å²) in [6.07, 6.45) is 8.54. The predicted molar refractivity (Wildman–Crippen MR) is 127 cm³/mol. The van der Waals surface area contributed by atoms with Gasteiger partial charge in [-0.3, -0.25) is 9.79 Å². The minimum atomic E-state index is -0.0383. The van der Waals surface area contributed by atoms with E-state index in [4.69, 9.17) is 0 Å². The number of hydrogen-bond donors (Lipinski definition) is 2. The molecule has 31 heavy (non-hydrogen) atoms. The van der Waals surface area contributed by atoms with E-state index in [0.29, 0.717) is 12.4 Å². The van der Waals surface area contributed by atoms with Crippen molar-refractivity contribution in [1.82, 2.24) is 9.97 Å². The molecule has 3 rings (SSSR count). The van der Waals surface area contributed by atoms with Crippen molar-refractivity contribution in [1.29, 1.82) is 0 Å². The number of anilines is 2. The number of hydrogen-bond acceptors (Lipinski definition) is 5. The van der Waals surface area contributed by atoms with Crippen molar-refractivity contribution in [2.24, 2.45) is 4.99 Å². The molecule has 0 atom stereocenters. The Hall–Kier alpha value is -3.80. The second-order valence-corrected chi connectivity index (χ2v) is 7.17. The summed E-state index contributed by atoms with van der Waals surface area (Å²) in [7, 11) is 1.73. The Morgan fingerprint density at radius 2 is 1.77 bits per heavy atom. The molecule has 6 nitrogen and oxygen atoms in total. The second-order valence-electron chi connectivity index (χ2n) is 7.17. The van der Waals surface area contributed by atoms with Gasteiger partial charge in [-0.1, -0.05) is 49.4 Å². The van der Waals surface area contributed by atoms with Crippen LogP contribution in [-0.2, 0) is 11.2 Å². The highest BCUT2D eigenvalue weighted by Gasteiger charge is 2.06. The summed E-state index contributed by atoms with van der Waals surface area (Å²) in [5.74, 6) is 0.483. The number of allylic oxidation sites excluding steroid dienone is 2. The van der Waals surface area contributed by atoms with Gasteiger partial charge in [-0.2, -0.15) is 0 Å². The molecule has 6 heteroatoms. The summed E-state index contributed by atoms with van der Waals surface area (Å²) < 4.78 is 0. The van der Waals surface area contributed by atoms with E-state index in [2.05, 4.69) is 32.5 Å². The quantitative estimate of drug-likeness (QED) is 0.507. The molecule has 0 aliphatic heterocycles. The Balaban J connectivity index is 1.61. The number of carbonyl (C=O) groups is 1. The number of rotatable bonds is 8. The molecule has 0 fully saturated rings. The van der Waals surface area contributed by atoms with Crippen LogP contribution >= 0.6 is 0 Å². The molecule has 0 spiro atoms. The van der Waals surface area contributed by atoms with Crippen molar-refractivity contribution in [2.75, 3.05) is 17.7 Å². The molecule has 3 aromatic rings. The lowest BCUT2D eigenvalue weighted by atomic mass is 10.0. The summed E-state index contributed by atoms with van der Waals surface area (Å²) in [6.45, 7) is 4.06. The van der Waals surface area contributed by atoms with E-state index < -0.39 is 0 Å². The number of aliphatic imine (C=N–C) groups is 1. The van der Waals surface area contributed by atoms with Crippen molar-refractivity contribution < 1.29 is 4.79 Å². The molecule has 2 N–H and O–H groups in total. The first-order valence-electron chi connectivity index (χ1n) is 10.2. The van der Waals surface area contributed by atoms with Gasteiger partial charge in [0.15, 0.2) is 0 Å². The molecule has 0 aliphatic rings. The Kier molecular flexibility index (Phi) is 7.65. The van der Waals surface area contributed by atoms with Crippen LogP contribution in [-0.4, -0.2) is 29.1 Å². The number of benzene rings is 2. The fourth-order valence-electron chi connectivity index (χ4n) is 3.09. The number of nitrogens with zero attached hydrogens (tertiary/aromatic N) is 3. The van der Waals surface area contributed by atoms with E-state index in [1.54, 1.807) is 25.7 Å². The van der Waals surface area contributed by atoms with Gasteiger partial charge >= 0.3 is 0 Å². The Morgan fingerprint density at radius 3 is 2.42 bits per heavy atom. The molecular formula is C25H27N5O. The zero-order chi connectivity index (χ0) is 22.1. The van der Waals surface area contributed by atoms with E-state index >= 15 is 0 Å². The van der Waals surface area contributed by atoms with E-state index in [1.165, 1.54) is 0 Å². The Labute approximate surface area is 183 Å². The van der Waals surface area contributed by atoms with Gasteiger partial charge in [0.2, 0.25) is 11.9 Å². The minimum Gasteiger partial charge on any atom is -0.326 e. The average Bonchev–Trinajstić information content (AvgIpc) is 2.75. The highest BCUT2D eigenvalue weighted by atomic mass is 16.1. The van der Waals surface area contributed by atoms with Crippen LogP contribution in [0.1, 0.15) is 24.5 Å². The van der Waals surface area contributed by atoms with Crippen molar-refractivity contribution in [3.05, 3.63) is 83.8 Å². The number of nitrogens with one attached hydrogen (secondary N) is 2. The largest absolute Gasteiger partial charge is 0.326 e. The third-order valence-corrected chi connectivity index (χ3v) is 4.55. The van der Waals surface area contributed by atoms with Crippen molar-refractivity contribution in [3.8, 4) is 11.1 Å². The molecule has 1 amide bonds. The summed E-state index contributed by atoms with van der Waals surface area (Å²) in [4.78, 5) is 25.1. The van der Waals surface area contributed by atoms with Gasteiger partial charge in [0.1, 0.15) is 0 Å². The van der Waals surface area contributed by atoms with Crippen LogP contribution in [0.15, 0.2) is 77.7 Å². The maximum absolute atomic E-state index is 12.3. The third-order valence-electron chi connectivity index (χ3n) is 4.55. The van der Waals surface area contributed by atoms with E-state index in [9.17, 15) is 4.79 Å². The van der Waals surface area contributed by atoms with Crippen LogP contribution in [0.3, 0.4) is 0 Å². The standard InChI is InChI=1S/C25H27N5O/c1-4-6-23(17-26-3)30-25-27-15-21(16-28-25)20-11-9-19(10-12-20)14-24(31)29-22-8-5-7-18(2)13-22/h5-13,15-17H,4,14H2,1-3H3,(H,29,31)(H,27,28,30)/b23-6+,26-17?. The van der Waals surface area contributed by atoms with Crippen molar-refractivity contribution in [2.45, 2.75) is 26.7 Å². The molecule has 1 aromatic heterocycles. The lowest BCUT2D eigenvalue weighted by Crippen LogP contribution is -2.14. The number of carbonyl (C=O) groups excluding carboxylic acids is 1. The molecule has 0 bridgehead atoms. The summed E-state index contributed by atoms with van der Waals surface area (Å²) in [6, 6.07) is 15.6. The molecule has 158 valence electrons. The molecule has 1 heterocycles. The number of amides is 1. The normalized spacial score (nSPS) is 11.5. The molecular weight excluding hydrogens is 386 g/mol. The van der Waals surface area contributed by atoms with Gasteiger partial charge in [0.25, 0.3) is 0 Å². The first kappa shape index (κ1) is 21.9. The third kappa shape index (κ3) is 6.60. The summed E-state index contributed by atoms with van der Waals surface area (Å²) >= 11 is 0. The van der Waals surface area contributed by atoms with Crippen LogP contribution in [0.25, 0.3) is 11.1 Å². The Bertz CT molecular complexity index is 1070. The number of aryl methyl sites for hydroxylation is 1. The van der Waals surface area contributed by atoms with Gasteiger partial charge < -0.3 is 10.6 Å². The van der Waals surface area contributed by atoms with Crippen LogP contribution in [0.4, 0.5) is 11.6 Å². The highest BCUT2D eigenvalue weighted by Crippen LogP contribution is 2.20. The first-order chi connectivity index (χ1) is 15.1. The minimum absolute atomic E-state index is 0.0383. The van der Waals surface area contributed by atoms with Crippen LogP contribution < -0.4 is 10.6 Å². The van der Waals surface area contributed by atoms with Gasteiger partial charge in [-0.15, -0.1) is 0 Å². The molecule has 0 saturated heterocycles. The van der Waals surface area contributed by atoms with Crippen molar-refractivity contribution in [3.63, 3.8) is 0 Å². The van der Waals surface area contributed by atoms with Crippen LogP contribution in [0, 0.1) is 6.92 Å². The van der Waals surface area contributed by atoms with Gasteiger partial charge in [-0.05, 0) is 42.2 Å².